The van der Waals surface area contributed by atoms with Crippen molar-refractivity contribution in [3.05, 3.63) is 18.8 Å². The van der Waals surface area contributed by atoms with Crippen LogP contribution in [0.15, 0.2) is 11.9 Å². The van der Waals surface area contributed by atoms with Gasteiger partial charge in [-0.15, -0.1) is 0 Å². The number of rotatable bonds is 1. The van der Waals surface area contributed by atoms with E-state index in [1.165, 1.54) is 0 Å². The molecule has 0 aromatic heterocycles. The lowest BCUT2D eigenvalue weighted by molar-refractivity contribution is 0.332. The Morgan fingerprint density at radius 2 is 2.50 bits per heavy atom. The zero-order valence-electron chi connectivity index (χ0n) is 3.32. The molecule has 0 fully saturated rings. The van der Waals surface area contributed by atoms with Gasteiger partial charge in [0, 0.05) is 0 Å². The Morgan fingerprint density at radius 3 is 2.50 bits per heavy atom. The van der Waals surface area contributed by atoms with Crippen LogP contribution in [0, 0.1) is 6.92 Å². The van der Waals surface area contributed by atoms with E-state index in [0.29, 0.717) is 0 Å². The predicted octanol–water partition coefficient (Wildman–Crippen LogP) is 0.666. The smallest absolute Gasteiger partial charge is 0.0881 e. The first-order valence-electron chi connectivity index (χ1n) is 1.53. The van der Waals surface area contributed by atoms with Crippen molar-refractivity contribution in [3.63, 3.8) is 0 Å². The minimum Gasteiger partial charge on any atom is -0.392 e. The maximum atomic E-state index is 11.0. The number of aliphatic hydroxyl groups excluding tert-OH is 1. The molecule has 0 aromatic carbocycles. The van der Waals surface area contributed by atoms with E-state index in [-0.39, 0.29) is 18.5 Å². The lowest BCUT2D eigenvalue weighted by atomic mass is 10.4. The molecule has 1 nitrogen and oxygen atoms in total. The molecule has 0 spiro atoms. The lowest BCUT2D eigenvalue weighted by Crippen LogP contribution is -1.79. The molecule has 0 saturated heterocycles. The van der Waals surface area contributed by atoms with Gasteiger partial charge in [0.1, 0.15) is 0 Å². The molecule has 1 N–H and O–H groups in total. The summed E-state index contributed by atoms with van der Waals surface area (Å²) in [5, 5.41) is 7.96. The fourth-order valence-electron chi connectivity index (χ4n) is 0.0345. The van der Waals surface area contributed by atoms with Crippen LogP contribution in [0.4, 0.5) is 4.39 Å². The van der Waals surface area contributed by atoms with Gasteiger partial charge in [-0.05, 0) is 12.5 Å². The van der Waals surface area contributed by atoms with E-state index in [1.807, 2.05) is 0 Å². The van der Waals surface area contributed by atoms with Crippen molar-refractivity contribution in [2.45, 2.75) is 0 Å². The van der Waals surface area contributed by atoms with Crippen LogP contribution in [-0.4, -0.2) is 11.7 Å². The van der Waals surface area contributed by atoms with Gasteiger partial charge in [-0.1, -0.05) is 0 Å². The SMILES string of the molecule is [CH2]C(=CF)CO. The molecular weight excluding hydrogens is 83.0 g/mol. The molecule has 0 rings (SSSR count). The molecule has 0 aliphatic carbocycles. The maximum absolute atomic E-state index is 11.0. The van der Waals surface area contributed by atoms with E-state index in [2.05, 4.69) is 6.92 Å². The van der Waals surface area contributed by atoms with Crippen molar-refractivity contribution in [2.24, 2.45) is 0 Å². The molecular formula is C4H6FO. The van der Waals surface area contributed by atoms with Gasteiger partial charge in [0.15, 0.2) is 0 Å². The molecule has 0 bridgehead atoms. The summed E-state index contributed by atoms with van der Waals surface area (Å²) in [4.78, 5) is 0. The van der Waals surface area contributed by atoms with Gasteiger partial charge in [0.05, 0.1) is 12.9 Å². The minimum atomic E-state index is -0.295. The summed E-state index contributed by atoms with van der Waals surface area (Å²) in [6.45, 7) is 2.82. The molecule has 0 amide bonds. The normalized spacial score (nSPS) is 12.2. The van der Waals surface area contributed by atoms with Crippen LogP contribution in [0.1, 0.15) is 0 Å². The van der Waals surface area contributed by atoms with E-state index < -0.39 is 0 Å². The maximum Gasteiger partial charge on any atom is 0.0881 e. The summed E-state index contributed by atoms with van der Waals surface area (Å²) < 4.78 is 11.0. The summed E-state index contributed by atoms with van der Waals surface area (Å²) in [5.74, 6) is 0. The van der Waals surface area contributed by atoms with Crippen molar-refractivity contribution in [1.82, 2.24) is 0 Å². The summed E-state index contributed by atoms with van der Waals surface area (Å²) in [6.07, 6.45) is 0.278. The van der Waals surface area contributed by atoms with E-state index in [0.717, 1.165) is 0 Å². The quantitative estimate of drug-likeness (QED) is 0.500. The molecule has 35 valence electrons. The Hall–Kier alpha value is -0.370. The molecule has 1 radical (unpaired) electrons. The van der Waals surface area contributed by atoms with Gasteiger partial charge in [-0.3, -0.25) is 0 Å². The summed E-state index contributed by atoms with van der Waals surface area (Å²) in [6, 6.07) is 0. The Balaban J connectivity index is 3.22. The van der Waals surface area contributed by atoms with Crippen LogP contribution in [0.5, 0.6) is 0 Å². The highest BCUT2D eigenvalue weighted by molar-refractivity contribution is 4.99. The van der Waals surface area contributed by atoms with Crippen LogP contribution in [0.3, 0.4) is 0 Å². The van der Waals surface area contributed by atoms with Gasteiger partial charge in [0.25, 0.3) is 0 Å². The Kier molecular flexibility index (Phi) is 2.67. The van der Waals surface area contributed by atoms with Crippen molar-refractivity contribution < 1.29 is 9.50 Å². The highest BCUT2D eigenvalue weighted by atomic mass is 19.1. The number of hydrogen-bond donors (Lipinski definition) is 1. The van der Waals surface area contributed by atoms with Crippen LogP contribution in [0.25, 0.3) is 0 Å². The fraction of sp³-hybridized carbons (Fsp3) is 0.250. The standard InChI is InChI=1S/C4H6FO/c1-4(2-5)3-6/h2,6H,1,3H2. The third-order valence-electron chi connectivity index (χ3n) is 0.357. The second-order valence-electron chi connectivity index (χ2n) is 0.925. The summed E-state index contributed by atoms with van der Waals surface area (Å²) in [5.41, 5.74) is 0.106. The molecule has 2 heteroatoms. The van der Waals surface area contributed by atoms with Crippen LogP contribution < -0.4 is 0 Å². The first-order valence-corrected chi connectivity index (χ1v) is 1.53. The molecule has 0 saturated carbocycles. The topological polar surface area (TPSA) is 20.2 Å². The Bertz CT molecular complexity index is 58.6. The van der Waals surface area contributed by atoms with Crippen molar-refractivity contribution in [2.75, 3.05) is 6.61 Å². The molecule has 0 heterocycles. The third kappa shape index (κ3) is 1.91. The molecule has 0 aliphatic rings. The van der Waals surface area contributed by atoms with Crippen molar-refractivity contribution in [1.29, 1.82) is 0 Å². The third-order valence-corrected chi connectivity index (χ3v) is 0.357. The monoisotopic (exact) mass is 89.0 g/mol. The van der Waals surface area contributed by atoms with Crippen LogP contribution in [-0.2, 0) is 0 Å². The number of aliphatic hydroxyl groups is 1. The average Bonchev–Trinajstić information content (AvgIpc) is 1.65. The van der Waals surface area contributed by atoms with E-state index >= 15 is 0 Å². The van der Waals surface area contributed by atoms with Crippen LogP contribution >= 0.6 is 0 Å². The zero-order chi connectivity index (χ0) is 4.99. The first kappa shape index (κ1) is 5.63. The highest BCUT2D eigenvalue weighted by Crippen LogP contribution is 1.85. The van der Waals surface area contributed by atoms with Crippen LogP contribution in [0.2, 0.25) is 0 Å². The van der Waals surface area contributed by atoms with E-state index in [4.69, 9.17) is 5.11 Å². The fourth-order valence-corrected chi connectivity index (χ4v) is 0.0345. The second kappa shape index (κ2) is 2.85. The number of hydrogen-bond acceptors (Lipinski definition) is 1. The molecule has 6 heavy (non-hydrogen) atoms. The van der Waals surface area contributed by atoms with Gasteiger partial charge in [-0.25, -0.2) is 4.39 Å². The molecule has 0 aromatic rings. The Morgan fingerprint density at radius 1 is 2.00 bits per heavy atom. The van der Waals surface area contributed by atoms with Crippen molar-refractivity contribution >= 4 is 0 Å². The predicted molar refractivity (Wildman–Crippen MR) is 21.6 cm³/mol. The van der Waals surface area contributed by atoms with Gasteiger partial charge < -0.3 is 5.11 Å². The van der Waals surface area contributed by atoms with E-state index in [9.17, 15) is 4.39 Å². The van der Waals surface area contributed by atoms with E-state index in [1.54, 1.807) is 0 Å². The van der Waals surface area contributed by atoms with Crippen molar-refractivity contribution in [3.8, 4) is 0 Å². The average molecular weight is 89.1 g/mol. The van der Waals surface area contributed by atoms with Gasteiger partial charge >= 0.3 is 0 Å². The largest absolute Gasteiger partial charge is 0.392 e. The molecule has 0 unspecified atom stereocenters. The highest BCUT2D eigenvalue weighted by Gasteiger charge is 1.77. The van der Waals surface area contributed by atoms with Gasteiger partial charge in [-0.2, -0.15) is 0 Å². The molecule has 0 atom stereocenters. The minimum absolute atomic E-state index is 0.106. The number of halogens is 1. The molecule has 0 aliphatic heterocycles. The zero-order valence-corrected chi connectivity index (χ0v) is 3.32. The lowest BCUT2D eigenvalue weighted by Gasteiger charge is -1.81. The van der Waals surface area contributed by atoms with Gasteiger partial charge in [0.2, 0.25) is 0 Å². The summed E-state index contributed by atoms with van der Waals surface area (Å²) >= 11 is 0. The second-order valence-corrected chi connectivity index (χ2v) is 0.925. The summed E-state index contributed by atoms with van der Waals surface area (Å²) in [7, 11) is 0. The first-order chi connectivity index (χ1) is 2.81. The Labute approximate surface area is 36.1 Å².